The highest BCUT2D eigenvalue weighted by Crippen LogP contribution is 2.25. The Balaban J connectivity index is 1.43. The minimum atomic E-state index is -0.584. The van der Waals surface area contributed by atoms with Crippen molar-refractivity contribution in [3.05, 3.63) is 65.6 Å². The summed E-state index contributed by atoms with van der Waals surface area (Å²) >= 11 is 0. The van der Waals surface area contributed by atoms with Crippen molar-refractivity contribution in [2.24, 2.45) is 0 Å². The summed E-state index contributed by atoms with van der Waals surface area (Å²) in [5, 5.41) is 14.8. The van der Waals surface area contributed by atoms with Crippen molar-refractivity contribution >= 4 is 16.8 Å². The third-order valence-corrected chi connectivity index (χ3v) is 5.68. The van der Waals surface area contributed by atoms with Gasteiger partial charge in [-0.05, 0) is 43.9 Å². The van der Waals surface area contributed by atoms with Gasteiger partial charge in [-0.15, -0.1) is 0 Å². The van der Waals surface area contributed by atoms with Crippen LogP contribution in [0.4, 0.5) is 0 Å². The summed E-state index contributed by atoms with van der Waals surface area (Å²) in [6.07, 6.45) is 7.79. The molecule has 6 heteroatoms. The van der Waals surface area contributed by atoms with Crippen LogP contribution in [-0.4, -0.2) is 51.6 Å². The van der Waals surface area contributed by atoms with Gasteiger partial charge in [-0.1, -0.05) is 18.2 Å². The lowest BCUT2D eigenvalue weighted by Gasteiger charge is -2.17. The molecule has 1 aliphatic heterocycles. The first kappa shape index (κ1) is 19.6. The van der Waals surface area contributed by atoms with Crippen LogP contribution in [0.5, 0.6) is 0 Å². The maximum atomic E-state index is 12.9. The van der Waals surface area contributed by atoms with Crippen LogP contribution in [-0.2, 0) is 6.42 Å². The second kappa shape index (κ2) is 8.76. The molecule has 0 spiro atoms. The quantitative estimate of drug-likeness (QED) is 0.577. The van der Waals surface area contributed by atoms with Gasteiger partial charge in [0.05, 0.1) is 17.2 Å². The Kier molecular flexibility index (Phi) is 5.92. The molecule has 1 aliphatic rings. The molecule has 152 valence electrons. The number of benzene rings is 1. The van der Waals surface area contributed by atoms with Gasteiger partial charge < -0.3 is 20.3 Å². The molecule has 0 bridgehead atoms. The molecule has 4 rings (SSSR count). The van der Waals surface area contributed by atoms with Gasteiger partial charge in [0.15, 0.2) is 0 Å². The largest absolute Gasteiger partial charge is 0.387 e. The number of likely N-dealkylation sites (tertiary alicyclic amines) is 1. The lowest BCUT2D eigenvalue weighted by molar-refractivity contribution is 0.0794. The fourth-order valence-electron chi connectivity index (χ4n) is 4.06. The lowest BCUT2D eigenvalue weighted by Crippen LogP contribution is -2.32. The van der Waals surface area contributed by atoms with Crippen molar-refractivity contribution in [1.82, 2.24) is 20.2 Å². The summed E-state index contributed by atoms with van der Waals surface area (Å²) in [7, 11) is 0. The summed E-state index contributed by atoms with van der Waals surface area (Å²) in [5.74, 6) is 0.118. The Morgan fingerprint density at radius 1 is 1.28 bits per heavy atom. The fourth-order valence-corrected chi connectivity index (χ4v) is 4.06. The van der Waals surface area contributed by atoms with Crippen molar-refractivity contribution < 1.29 is 9.90 Å². The number of amides is 1. The molecule has 3 heterocycles. The molecule has 0 saturated carbocycles. The Bertz CT molecular complexity index is 963. The first-order valence-corrected chi connectivity index (χ1v) is 10.3. The molecule has 0 aliphatic carbocycles. The zero-order chi connectivity index (χ0) is 20.2. The second-order valence-electron chi connectivity index (χ2n) is 7.86. The maximum Gasteiger partial charge on any atom is 0.255 e. The van der Waals surface area contributed by atoms with E-state index in [0.29, 0.717) is 6.54 Å². The van der Waals surface area contributed by atoms with E-state index in [1.165, 1.54) is 5.56 Å². The zero-order valence-electron chi connectivity index (χ0n) is 16.8. The minimum Gasteiger partial charge on any atom is -0.387 e. The number of pyridine rings is 1. The summed E-state index contributed by atoms with van der Waals surface area (Å²) in [5.41, 5.74) is 3.65. The molecule has 2 atom stereocenters. The number of para-hydroxylation sites is 1. The Hall–Kier alpha value is -2.70. The van der Waals surface area contributed by atoms with Crippen LogP contribution < -0.4 is 5.32 Å². The number of hydrogen-bond donors (Lipinski definition) is 3. The number of H-pyrrole nitrogens is 1. The predicted octanol–water partition coefficient (Wildman–Crippen LogP) is 3.05. The molecule has 3 N–H and O–H groups in total. The van der Waals surface area contributed by atoms with Crippen LogP contribution >= 0.6 is 0 Å². The average Bonchev–Trinajstić information content (AvgIpc) is 3.43. The molecule has 3 aromatic rings. The number of nitrogens with zero attached hydrogens (tertiary/aromatic N) is 2. The van der Waals surface area contributed by atoms with E-state index in [2.05, 4.69) is 28.3 Å². The van der Waals surface area contributed by atoms with Crippen LogP contribution in [0, 0.1) is 0 Å². The third-order valence-electron chi connectivity index (χ3n) is 5.68. The summed E-state index contributed by atoms with van der Waals surface area (Å²) in [4.78, 5) is 22.2. The number of fused-ring (bicyclic) bond motifs is 1. The van der Waals surface area contributed by atoms with E-state index in [1.54, 1.807) is 12.4 Å². The molecule has 0 radical (unpaired) electrons. The molecule has 1 aromatic carbocycles. The Morgan fingerprint density at radius 3 is 2.86 bits per heavy atom. The van der Waals surface area contributed by atoms with Crippen molar-refractivity contribution in [1.29, 1.82) is 0 Å². The number of aliphatic hydroxyl groups excluding tert-OH is 1. The van der Waals surface area contributed by atoms with E-state index in [1.807, 2.05) is 35.4 Å². The number of aromatic nitrogens is 2. The van der Waals surface area contributed by atoms with Crippen molar-refractivity contribution in [3.8, 4) is 0 Å². The van der Waals surface area contributed by atoms with Crippen LogP contribution in [0.25, 0.3) is 10.9 Å². The number of carbonyl (C=O) groups is 1. The summed E-state index contributed by atoms with van der Waals surface area (Å²) < 4.78 is 0. The van der Waals surface area contributed by atoms with Gasteiger partial charge in [0.1, 0.15) is 0 Å². The number of aromatic amines is 1. The molecule has 1 saturated heterocycles. The smallest absolute Gasteiger partial charge is 0.255 e. The molecule has 0 unspecified atom stereocenters. The van der Waals surface area contributed by atoms with Crippen molar-refractivity contribution in [3.63, 3.8) is 0 Å². The summed E-state index contributed by atoms with van der Waals surface area (Å²) in [6.45, 7) is 4.27. The van der Waals surface area contributed by atoms with E-state index in [-0.39, 0.29) is 11.9 Å². The van der Waals surface area contributed by atoms with Crippen molar-refractivity contribution in [2.45, 2.75) is 38.3 Å². The monoisotopic (exact) mass is 392 g/mol. The van der Waals surface area contributed by atoms with E-state index in [9.17, 15) is 9.90 Å². The van der Waals surface area contributed by atoms with Gasteiger partial charge in [-0.2, -0.15) is 0 Å². The van der Waals surface area contributed by atoms with E-state index in [0.717, 1.165) is 54.4 Å². The maximum absolute atomic E-state index is 12.9. The Morgan fingerprint density at radius 2 is 2.10 bits per heavy atom. The number of carbonyl (C=O) groups excluding carboxylic acids is 1. The number of rotatable bonds is 7. The van der Waals surface area contributed by atoms with E-state index < -0.39 is 6.10 Å². The van der Waals surface area contributed by atoms with Gasteiger partial charge in [-0.3, -0.25) is 9.78 Å². The van der Waals surface area contributed by atoms with Crippen LogP contribution in [0.3, 0.4) is 0 Å². The summed E-state index contributed by atoms with van der Waals surface area (Å²) in [6, 6.07) is 9.83. The number of aliphatic hydroxyl groups is 1. The molecule has 29 heavy (non-hydrogen) atoms. The molecule has 6 nitrogen and oxygen atoms in total. The molecular formula is C23H28N4O2. The molecule has 2 aromatic heterocycles. The highest BCUT2D eigenvalue weighted by atomic mass is 16.3. The van der Waals surface area contributed by atoms with E-state index >= 15 is 0 Å². The Labute approximate surface area is 171 Å². The third kappa shape index (κ3) is 4.33. The number of hydrogen-bond acceptors (Lipinski definition) is 4. The number of nitrogens with one attached hydrogen (secondary N) is 2. The lowest BCUT2D eigenvalue weighted by atomic mass is 10.0. The first-order chi connectivity index (χ1) is 14.1. The molecular weight excluding hydrogens is 364 g/mol. The van der Waals surface area contributed by atoms with Gasteiger partial charge in [0, 0.05) is 55.2 Å². The van der Waals surface area contributed by atoms with Crippen LogP contribution in [0.15, 0.2) is 48.9 Å². The highest BCUT2D eigenvalue weighted by Gasteiger charge is 2.22. The predicted molar refractivity (Wildman–Crippen MR) is 114 cm³/mol. The van der Waals surface area contributed by atoms with Crippen molar-refractivity contribution in [2.75, 3.05) is 19.6 Å². The minimum absolute atomic E-state index is 0.118. The van der Waals surface area contributed by atoms with Crippen LogP contribution in [0.2, 0.25) is 0 Å². The normalized spacial score (nSPS) is 16.3. The van der Waals surface area contributed by atoms with E-state index in [4.69, 9.17) is 0 Å². The standard InChI is InChI=1S/C23H28N4O2/c1-16(25-15-21(28)17-6-5-9-24-13-17)12-18-14-26-22-19(18)7-4-8-20(22)23(29)27-10-2-3-11-27/h4-9,13-14,16,21,25-26,28H,2-3,10-12,15H2,1H3/t16-,21-/m1/s1. The van der Waals surface area contributed by atoms with Gasteiger partial charge in [-0.25, -0.2) is 0 Å². The highest BCUT2D eigenvalue weighted by molar-refractivity contribution is 6.06. The zero-order valence-corrected chi connectivity index (χ0v) is 16.8. The fraction of sp³-hybridized carbons (Fsp3) is 0.391. The van der Waals surface area contributed by atoms with Gasteiger partial charge in [0.25, 0.3) is 5.91 Å². The van der Waals surface area contributed by atoms with Gasteiger partial charge in [0.2, 0.25) is 0 Å². The average molecular weight is 393 g/mol. The SMILES string of the molecule is C[C@H](Cc1c[nH]c2c(C(=O)N3CCCC3)cccc12)NC[C@@H](O)c1cccnc1. The molecule has 1 amide bonds. The molecule has 1 fully saturated rings. The van der Waals surface area contributed by atoms with Crippen LogP contribution in [0.1, 0.15) is 47.4 Å². The van der Waals surface area contributed by atoms with Gasteiger partial charge >= 0.3 is 0 Å². The second-order valence-corrected chi connectivity index (χ2v) is 7.86. The first-order valence-electron chi connectivity index (χ1n) is 10.3. The topological polar surface area (TPSA) is 81.2 Å².